The highest BCUT2D eigenvalue weighted by Crippen LogP contribution is 2.40. The van der Waals surface area contributed by atoms with Crippen LogP contribution in [0.4, 0.5) is 0 Å². The van der Waals surface area contributed by atoms with Crippen LogP contribution >= 0.6 is 0 Å². The van der Waals surface area contributed by atoms with Gasteiger partial charge in [-0.1, -0.05) is 49.6 Å². The molecule has 0 atom stereocenters. The monoisotopic (exact) mass is 473 g/mol. The van der Waals surface area contributed by atoms with Crippen molar-refractivity contribution in [3.05, 3.63) is 93.2 Å². The van der Waals surface area contributed by atoms with Gasteiger partial charge in [0.25, 0.3) is 0 Å². The van der Waals surface area contributed by atoms with E-state index < -0.39 is 0 Å². The minimum absolute atomic E-state index is 0.0481. The summed E-state index contributed by atoms with van der Waals surface area (Å²) in [7, 11) is 0. The normalized spacial score (nSPS) is 11.4. The molecule has 0 bridgehead atoms. The molecule has 0 fully saturated rings. The van der Waals surface area contributed by atoms with E-state index in [-0.39, 0.29) is 5.41 Å². The number of nitrogens with zero attached hydrogens (tertiary/aromatic N) is 3. The summed E-state index contributed by atoms with van der Waals surface area (Å²) in [6, 6.07) is 17.2. The largest absolute Gasteiger partial charge is 0.252 e. The quantitative estimate of drug-likeness (QED) is 0.300. The Morgan fingerprint density at radius 3 is 1.83 bits per heavy atom. The number of aryl methyl sites for hydroxylation is 6. The third kappa shape index (κ3) is 4.82. The van der Waals surface area contributed by atoms with Gasteiger partial charge in [0.2, 0.25) is 0 Å². The van der Waals surface area contributed by atoms with Crippen molar-refractivity contribution in [2.24, 2.45) is 0 Å². The highest BCUT2D eigenvalue weighted by atomic mass is 14.8. The number of hydrogen-bond acceptors (Lipinski definition) is 3. The van der Waals surface area contributed by atoms with Crippen LogP contribution in [0.3, 0.4) is 0 Å². The molecule has 3 heteroatoms. The van der Waals surface area contributed by atoms with Crippen LogP contribution in [0.15, 0.2) is 48.7 Å². The van der Waals surface area contributed by atoms with Gasteiger partial charge >= 0.3 is 0 Å². The van der Waals surface area contributed by atoms with Gasteiger partial charge in [-0.2, -0.15) is 5.26 Å². The maximum atomic E-state index is 9.41. The van der Waals surface area contributed by atoms with Crippen molar-refractivity contribution in [1.82, 2.24) is 9.97 Å². The molecular formula is C33H35N3. The SMILES string of the molecule is Cc1cc(C)cc(-c2nc(-c3c(C)cc(C#N)cc3C)cnc2-c2cc(C)cc(C)c2C(C)(C)C)c1. The Balaban J connectivity index is 2.09. The van der Waals surface area contributed by atoms with Crippen LogP contribution in [-0.4, -0.2) is 9.97 Å². The van der Waals surface area contributed by atoms with Crippen LogP contribution < -0.4 is 0 Å². The summed E-state index contributed by atoms with van der Waals surface area (Å²) < 4.78 is 0. The van der Waals surface area contributed by atoms with E-state index in [0.29, 0.717) is 5.56 Å². The molecule has 0 aliphatic rings. The topological polar surface area (TPSA) is 49.6 Å². The summed E-state index contributed by atoms with van der Waals surface area (Å²) >= 11 is 0. The van der Waals surface area contributed by atoms with Gasteiger partial charge in [0.05, 0.1) is 34.9 Å². The zero-order valence-corrected chi connectivity index (χ0v) is 23.0. The molecule has 3 nitrogen and oxygen atoms in total. The van der Waals surface area contributed by atoms with Crippen molar-refractivity contribution in [3.63, 3.8) is 0 Å². The fourth-order valence-electron chi connectivity index (χ4n) is 5.60. The maximum Gasteiger partial charge on any atom is 0.0991 e. The maximum absolute atomic E-state index is 9.41. The fourth-order valence-corrected chi connectivity index (χ4v) is 5.60. The van der Waals surface area contributed by atoms with Gasteiger partial charge in [-0.3, -0.25) is 4.98 Å². The average molecular weight is 474 g/mol. The van der Waals surface area contributed by atoms with Crippen molar-refractivity contribution in [3.8, 4) is 39.8 Å². The van der Waals surface area contributed by atoms with E-state index in [1.807, 2.05) is 32.2 Å². The zero-order valence-electron chi connectivity index (χ0n) is 23.0. The van der Waals surface area contributed by atoms with Crippen molar-refractivity contribution in [2.45, 2.75) is 67.7 Å². The first-order valence-electron chi connectivity index (χ1n) is 12.5. The van der Waals surface area contributed by atoms with E-state index >= 15 is 0 Å². The predicted octanol–water partition coefficient (Wildman–Crippen LogP) is 8.50. The summed E-state index contributed by atoms with van der Waals surface area (Å²) in [6.07, 6.45) is 1.90. The molecule has 0 unspecified atom stereocenters. The van der Waals surface area contributed by atoms with Crippen molar-refractivity contribution in [2.75, 3.05) is 0 Å². The molecule has 0 amide bonds. The molecule has 0 aliphatic carbocycles. The van der Waals surface area contributed by atoms with Gasteiger partial charge in [0.1, 0.15) is 0 Å². The van der Waals surface area contributed by atoms with Crippen LogP contribution in [0.5, 0.6) is 0 Å². The van der Waals surface area contributed by atoms with Crippen molar-refractivity contribution < 1.29 is 0 Å². The van der Waals surface area contributed by atoms with Crippen LogP contribution in [0.1, 0.15) is 65.3 Å². The first kappa shape index (κ1) is 25.3. The molecule has 4 aromatic rings. The van der Waals surface area contributed by atoms with Gasteiger partial charge in [-0.05, 0) is 99.5 Å². The molecule has 3 aromatic carbocycles. The third-order valence-electron chi connectivity index (χ3n) is 6.67. The summed E-state index contributed by atoms with van der Waals surface area (Å²) in [4.78, 5) is 10.4. The lowest BCUT2D eigenvalue weighted by Gasteiger charge is -2.27. The lowest BCUT2D eigenvalue weighted by Crippen LogP contribution is -2.16. The standard InChI is InChI=1S/C33H35N3/c1-19-10-20(2)13-26(12-19)31-32(27-14-21(3)11-24(6)30(27)33(7,8)9)35-18-28(36-31)29-22(4)15-25(17-34)16-23(29)5/h10-16,18H,1-9H3. The van der Waals surface area contributed by atoms with Crippen LogP contribution in [0, 0.1) is 52.9 Å². The first-order chi connectivity index (χ1) is 16.9. The van der Waals surface area contributed by atoms with Gasteiger partial charge in [-0.25, -0.2) is 4.98 Å². The molecule has 0 aliphatic heterocycles. The minimum Gasteiger partial charge on any atom is -0.252 e. The van der Waals surface area contributed by atoms with E-state index in [1.54, 1.807) is 0 Å². The van der Waals surface area contributed by atoms with E-state index in [4.69, 9.17) is 9.97 Å². The van der Waals surface area contributed by atoms with Gasteiger partial charge in [0.15, 0.2) is 0 Å². The highest BCUT2D eigenvalue weighted by molar-refractivity contribution is 5.83. The van der Waals surface area contributed by atoms with Crippen LogP contribution in [0.25, 0.3) is 33.8 Å². The molecule has 0 saturated heterocycles. The van der Waals surface area contributed by atoms with E-state index in [1.165, 1.54) is 27.8 Å². The van der Waals surface area contributed by atoms with Crippen molar-refractivity contribution in [1.29, 1.82) is 5.26 Å². The molecule has 0 N–H and O–H groups in total. The number of rotatable bonds is 3. The molecule has 4 rings (SSSR count). The Labute approximate surface area is 215 Å². The summed E-state index contributed by atoms with van der Waals surface area (Å²) in [5, 5.41) is 9.41. The van der Waals surface area contributed by atoms with E-state index in [2.05, 4.69) is 84.9 Å². The summed E-state index contributed by atoms with van der Waals surface area (Å²) in [5.41, 5.74) is 14.7. The molecule has 36 heavy (non-hydrogen) atoms. The number of hydrogen-bond donors (Lipinski definition) is 0. The zero-order chi connectivity index (χ0) is 26.4. The van der Waals surface area contributed by atoms with Gasteiger partial charge in [-0.15, -0.1) is 0 Å². The number of benzene rings is 3. The third-order valence-corrected chi connectivity index (χ3v) is 6.67. The Hall–Kier alpha value is -3.77. The number of aromatic nitrogens is 2. The molecular weight excluding hydrogens is 438 g/mol. The molecule has 0 saturated carbocycles. The van der Waals surface area contributed by atoms with Crippen molar-refractivity contribution >= 4 is 0 Å². The van der Waals surface area contributed by atoms with Gasteiger partial charge < -0.3 is 0 Å². The summed E-state index contributed by atoms with van der Waals surface area (Å²) in [5.74, 6) is 0. The smallest absolute Gasteiger partial charge is 0.0991 e. The molecule has 1 aromatic heterocycles. The minimum atomic E-state index is -0.0481. The van der Waals surface area contributed by atoms with E-state index in [0.717, 1.165) is 44.9 Å². The Kier molecular flexibility index (Phi) is 6.58. The van der Waals surface area contributed by atoms with E-state index in [9.17, 15) is 5.26 Å². The molecule has 1 heterocycles. The fraction of sp³-hybridized carbons (Fsp3) is 0.303. The molecule has 182 valence electrons. The lowest BCUT2D eigenvalue weighted by molar-refractivity contribution is 0.587. The predicted molar refractivity (Wildman–Crippen MR) is 150 cm³/mol. The average Bonchev–Trinajstić information content (AvgIpc) is 2.76. The summed E-state index contributed by atoms with van der Waals surface area (Å²) in [6.45, 7) is 19.4. The Morgan fingerprint density at radius 1 is 0.694 bits per heavy atom. The van der Waals surface area contributed by atoms with Crippen LogP contribution in [0.2, 0.25) is 0 Å². The second kappa shape index (κ2) is 9.36. The Bertz CT molecular complexity index is 1490. The highest BCUT2D eigenvalue weighted by Gasteiger charge is 2.25. The second-order valence-electron chi connectivity index (χ2n) is 11.2. The number of nitriles is 1. The second-order valence-corrected chi connectivity index (χ2v) is 11.2. The van der Waals surface area contributed by atoms with Gasteiger partial charge in [0, 0.05) is 16.7 Å². The lowest BCUT2D eigenvalue weighted by atomic mass is 9.79. The van der Waals surface area contributed by atoms with Crippen LogP contribution in [-0.2, 0) is 5.41 Å². The first-order valence-corrected chi connectivity index (χ1v) is 12.5. The Morgan fingerprint density at radius 2 is 1.28 bits per heavy atom. The molecule has 0 spiro atoms. The molecule has 0 radical (unpaired) electrons.